The first-order valence-corrected chi connectivity index (χ1v) is 12.2. The molecule has 3 fully saturated rings. The summed E-state index contributed by atoms with van der Waals surface area (Å²) in [5.41, 5.74) is 0.753. The highest BCUT2D eigenvalue weighted by Crippen LogP contribution is 2.64. The van der Waals surface area contributed by atoms with Gasteiger partial charge in [0.15, 0.2) is 17.0 Å². The van der Waals surface area contributed by atoms with Crippen molar-refractivity contribution in [3.05, 3.63) is 0 Å². The number of rotatable bonds is 5. The van der Waals surface area contributed by atoms with Crippen molar-refractivity contribution >= 4 is 19.9 Å². The van der Waals surface area contributed by atoms with Crippen LogP contribution in [0.4, 0.5) is 0 Å². The van der Waals surface area contributed by atoms with Crippen LogP contribution in [0.3, 0.4) is 0 Å². The largest absolute Gasteiger partial charge is 0.389 e. The second kappa shape index (κ2) is 6.17. The number of fused-ring (bicyclic) bond motifs is 2. The highest BCUT2D eigenvalue weighted by molar-refractivity contribution is 6.77. The lowest BCUT2D eigenvalue weighted by molar-refractivity contribution is -0.251. The van der Waals surface area contributed by atoms with Crippen LogP contribution >= 0.6 is 11.6 Å². The molecule has 26 heavy (non-hydrogen) atoms. The number of hydrogen-bond acceptors (Lipinski definition) is 5. The van der Waals surface area contributed by atoms with Gasteiger partial charge in [0.05, 0.1) is 23.7 Å². The van der Waals surface area contributed by atoms with Crippen LogP contribution in [0.5, 0.6) is 0 Å². The maximum absolute atomic E-state index is 10.6. The van der Waals surface area contributed by atoms with Gasteiger partial charge in [-0.1, -0.05) is 53.1 Å². The minimum absolute atomic E-state index is 0.0535. The van der Waals surface area contributed by atoms with E-state index in [1.807, 2.05) is 0 Å². The van der Waals surface area contributed by atoms with Crippen molar-refractivity contribution in [1.82, 2.24) is 0 Å². The van der Waals surface area contributed by atoms with Gasteiger partial charge >= 0.3 is 0 Å². The molecule has 7 heteroatoms. The maximum Gasteiger partial charge on any atom is 0.204 e. The lowest BCUT2D eigenvalue weighted by atomic mass is 9.74. The number of aliphatic hydroxyl groups is 1. The molecule has 6 atom stereocenters. The molecule has 0 radical (unpaired) electrons. The summed E-state index contributed by atoms with van der Waals surface area (Å²) in [6, 6.07) is 2.11. The first-order valence-electron chi connectivity index (χ1n) is 9.72. The van der Waals surface area contributed by atoms with E-state index in [1.54, 1.807) is 0 Å². The number of nitrogens with zero attached hydrogens (tertiary/aromatic N) is 1. The average Bonchev–Trinajstić information content (AvgIpc) is 3.13. The highest BCUT2D eigenvalue weighted by Gasteiger charge is 2.75. The Hall–Kier alpha value is -0.163. The summed E-state index contributed by atoms with van der Waals surface area (Å²) in [6.45, 7) is 15.3. The van der Waals surface area contributed by atoms with Crippen LogP contribution < -0.4 is 0 Å². The second-order valence-electron chi connectivity index (χ2n) is 9.47. The summed E-state index contributed by atoms with van der Waals surface area (Å²) in [4.78, 5) is -1.50. The van der Waals surface area contributed by atoms with E-state index in [-0.39, 0.29) is 11.7 Å². The van der Waals surface area contributed by atoms with E-state index < -0.39 is 31.2 Å². The molecule has 0 aromatic heterocycles. The van der Waals surface area contributed by atoms with E-state index >= 15 is 0 Å². The van der Waals surface area contributed by atoms with Crippen molar-refractivity contribution in [2.24, 2.45) is 5.92 Å². The van der Waals surface area contributed by atoms with Gasteiger partial charge in [0.2, 0.25) is 8.32 Å². The molecule has 1 N–H and O–H groups in total. The van der Waals surface area contributed by atoms with Crippen molar-refractivity contribution < 1.29 is 19.0 Å². The monoisotopic (exact) mass is 401 g/mol. The quantitative estimate of drug-likeness (QED) is 0.422. The number of nitriles is 1. The minimum Gasteiger partial charge on any atom is -0.389 e. The van der Waals surface area contributed by atoms with E-state index in [4.69, 9.17) is 25.5 Å². The average molecular weight is 402 g/mol. The number of aliphatic hydroxyl groups excluding tert-OH is 1. The molecule has 0 aromatic carbocycles. The Kier molecular flexibility index (Phi) is 4.88. The zero-order valence-electron chi connectivity index (χ0n) is 16.9. The zero-order chi connectivity index (χ0) is 19.7. The maximum atomic E-state index is 10.6. The molecule has 0 bridgehead atoms. The Balaban J connectivity index is 2.08. The molecule has 5 nitrogen and oxygen atoms in total. The molecule has 1 aliphatic carbocycles. The normalized spacial score (nSPS) is 45.0. The number of halogens is 1. The topological polar surface area (TPSA) is 75.0 Å². The van der Waals surface area contributed by atoms with Crippen molar-refractivity contribution in [3.8, 4) is 6.07 Å². The predicted molar refractivity (Wildman–Crippen MR) is 102 cm³/mol. The van der Waals surface area contributed by atoms with Gasteiger partial charge in [-0.2, -0.15) is 5.26 Å². The number of ether oxygens (including phenoxy) is 2. The first kappa shape index (κ1) is 20.6. The molecule has 1 saturated carbocycles. The van der Waals surface area contributed by atoms with E-state index in [0.29, 0.717) is 29.5 Å². The van der Waals surface area contributed by atoms with Gasteiger partial charge in [-0.25, -0.2) is 0 Å². The SMILES string of the molecule is CC(C)[Si](O[C@@]12C[C@@]3(C)O[C@H]3C[C@@H]1[C@](Cl)(C#N)C(O)O2)(C(C)C)C(C)C. The lowest BCUT2D eigenvalue weighted by Gasteiger charge is -2.51. The Morgan fingerprint density at radius 1 is 1.15 bits per heavy atom. The van der Waals surface area contributed by atoms with Gasteiger partial charge in [0.1, 0.15) is 0 Å². The summed E-state index contributed by atoms with van der Waals surface area (Å²) >= 11 is 6.61. The van der Waals surface area contributed by atoms with Crippen LogP contribution in [0, 0.1) is 17.2 Å². The Bertz CT molecular complexity index is 601. The third-order valence-electron chi connectivity index (χ3n) is 7.02. The fraction of sp³-hybridized carbons (Fsp3) is 0.947. The van der Waals surface area contributed by atoms with Crippen LogP contribution in [0.1, 0.15) is 61.3 Å². The summed E-state index contributed by atoms with van der Waals surface area (Å²) in [5, 5.41) is 20.3. The van der Waals surface area contributed by atoms with Gasteiger partial charge in [-0.05, 0) is 30.0 Å². The highest BCUT2D eigenvalue weighted by atomic mass is 35.5. The summed E-state index contributed by atoms with van der Waals surface area (Å²) in [5.74, 6) is -1.48. The van der Waals surface area contributed by atoms with Crippen LogP contribution in [0.25, 0.3) is 0 Å². The van der Waals surface area contributed by atoms with Crippen LogP contribution in [0.15, 0.2) is 0 Å². The fourth-order valence-electron chi connectivity index (χ4n) is 5.73. The third kappa shape index (κ3) is 2.62. The van der Waals surface area contributed by atoms with Crippen molar-refractivity contribution in [1.29, 1.82) is 5.26 Å². The molecule has 0 spiro atoms. The fourth-order valence-corrected chi connectivity index (χ4v) is 11.6. The molecule has 148 valence electrons. The molecule has 3 aliphatic rings. The summed E-state index contributed by atoms with van der Waals surface area (Å²) in [7, 11) is -2.32. The van der Waals surface area contributed by atoms with E-state index in [1.165, 1.54) is 0 Å². The predicted octanol–water partition coefficient (Wildman–Crippen LogP) is 4.29. The summed E-state index contributed by atoms with van der Waals surface area (Å²) in [6.07, 6.45) is -0.233. The zero-order valence-corrected chi connectivity index (χ0v) is 18.6. The van der Waals surface area contributed by atoms with E-state index in [9.17, 15) is 10.4 Å². The lowest BCUT2D eigenvalue weighted by Crippen LogP contribution is -2.60. The molecule has 3 rings (SSSR count). The molecular formula is C19H32ClNO4Si. The van der Waals surface area contributed by atoms with E-state index in [0.717, 1.165) is 0 Å². The van der Waals surface area contributed by atoms with Crippen LogP contribution in [-0.2, 0) is 13.9 Å². The molecule has 2 heterocycles. The van der Waals surface area contributed by atoms with Crippen LogP contribution in [0.2, 0.25) is 16.6 Å². The van der Waals surface area contributed by atoms with Gasteiger partial charge < -0.3 is 19.0 Å². The molecule has 0 amide bonds. The third-order valence-corrected chi connectivity index (χ3v) is 13.7. The Morgan fingerprint density at radius 3 is 2.15 bits per heavy atom. The van der Waals surface area contributed by atoms with Gasteiger partial charge in [-0.15, -0.1) is 0 Å². The smallest absolute Gasteiger partial charge is 0.204 e. The van der Waals surface area contributed by atoms with Crippen molar-refractivity contribution in [3.63, 3.8) is 0 Å². The van der Waals surface area contributed by atoms with Gasteiger partial charge in [0, 0.05) is 6.42 Å². The molecule has 1 unspecified atom stereocenters. The molecule has 2 saturated heterocycles. The number of hydrogen-bond donors (Lipinski definition) is 1. The van der Waals surface area contributed by atoms with E-state index in [2.05, 4.69) is 54.5 Å². The number of alkyl halides is 1. The molecule has 0 aromatic rings. The van der Waals surface area contributed by atoms with Crippen LogP contribution in [-0.4, -0.2) is 42.1 Å². The standard InChI is InChI=1S/C19H32ClNO4Si/c1-11(2)26(12(3)4,13(5)6)25-19-9-17(7)15(23-17)8-14(19)18(20,10-21)16(22)24-19/h11-16,22H,8-9H2,1-7H3/t14-,15+,16?,17-,18-,19+/m1/s1. The van der Waals surface area contributed by atoms with Gasteiger partial charge in [-0.3, -0.25) is 0 Å². The second-order valence-corrected chi connectivity index (χ2v) is 15.5. The minimum atomic E-state index is -2.32. The Labute approximate surface area is 163 Å². The summed E-state index contributed by atoms with van der Waals surface area (Å²) < 4.78 is 19.0. The van der Waals surface area contributed by atoms with Crippen molar-refractivity contribution in [2.75, 3.05) is 0 Å². The van der Waals surface area contributed by atoms with Crippen molar-refractivity contribution in [2.45, 2.75) is 107 Å². The molecule has 2 aliphatic heterocycles. The number of epoxide rings is 1. The van der Waals surface area contributed by atoms with Gasteiger partial charge in [0.25, 0.3) is 0 Å². The Morgan fingerprint density at radius 2 is 1.69 bits per heavy atom. The first-order chi connectivity index (χ1) is 11.9. The molecular weight excluding hydrogens is 370 g/mol.